The van der Waals surface area contributed by atoms with Crippen molar-refractivity contribution in [1.29, 1.82) is 0 Å². The summed E-state index contributed by atoms with van der Waals surface area (Å²) >= 11 is 1.54. The third kappa shape index (κ3) is 4.43. The minimum absolute atomic E-state index is 0.0392. The first-order chi connectivity index (χ1) is 14.3. The van der Waals surface area contributed by atoms with Crippen molar-refractivity contribution in [2.24, 2.45) is 5.92 Å². The van der Waals surface area contributed by atoms with Crippen LogP contribution in [0, 0.1) is 5.92 Å². The van der Waals surface area contributed by atoms with E-state index < -0.39 is 6.36 Å². The van der Waals surface area contributed by atoms with E-state index in [-0.39, 0.29) is 29.7 Å². The average molecular weight is 437 g/mol. The van der Waals surface area contributed by atoms with E-state index in [2.05, 4.69) is 15.0 Å². The van der Waals surface area contributed by atoms with Crippen molar-refractivity contribution >= 4 is 32.6 Å². The van der Waals surface area contributed by atoms with Crippen LogP contribution in [-0.2, 0) is 11.3 Å². The van der Waals surface area contributed by atoms with Gasteiger partial charge in [0, 0.05) is 31.3 Å². The van der Waals surface area contributed by atoms with Crippen LogP contribution in [0.15, 0.2) is 42.5 Å². The van der Waals surface area contributed by atoms with Crippen LogP contribution >= 0.6 is 11.3 Å². The summed E-state index contributed by atoms with van der Waals surface area (Å²) in [7, 11) is 1.60. The number of carbonyl (C=O) groups is 1. The number of benzene rings is 2. The molecular weight excluding hydrogens is 419 g/mol. The van der Waals surface area contributed by atoms with Crippen molar-refractivity contribution < 1.29 is 27.4 Å². The molecule has 10 heteroatoms. The molecule has 1 aliphatic heterocycles. The van der Waals surface area contributed by atoms with Gasteiger partial charge in [0.25, 0.3) is 0 Å². The van der Waals surface area contributed by atoms with Crippen molar-refractivity contribution in [3.63, 3.8) is 0 Å². The van der Waals surface area contributed by atoms with Gasteiger partial charge in [-0.1, -0.05) is 29.5 Å². The lowest BCUT2D eigenvalue weighted by Gasteiger charge is -2.38. The van der Waals surface area contributed by atoms with Gasteiger partial charge in [-0.25, -0.2) is 4.98 Å². The molecule has 1 aromatic heterocycles. The van der Waals surface area contributed by atoms with Crippen LogP contribution in [0.3, 0.4) is 0 Å². The molecule has 1 aliphatic rings. The quantitative estimate of drug-likeness (QED) is 0.633. The number of hydrogen-bond donors (Lipinski definition) is 1. The molecule has 0 atom stereocenters. The number of ether oxygens (including phenoxy) is 2. The van der Waals surface area contributed by atoms with Gasteiger partial charge < -0.3 is 19.7 Å². The lowest BCUT2D eigenvalue weighted by Crippen LogP contribution is -2.53. The number of carbonyl (C=O) groups excluding carboxylic acids is 1. The summed E-state index contributed by atoms with van der Waals surface area (Å²) in [4.78, 5) is 19.0. The second-order valence-corrected chi connectivity index (χ2v) is 7.81. The maximum Gasteiger partial charge on any atom is 0.573 e. The van der Waals surface area contributed by atoms with Gasteiger partial charge in [0.05, 0.1) is 23.2 Å². The van der Waals surface area contributed by atoms with E-state index in [9.17, 15) is 18.0 Å². The second-order valence-electron chi connectivity index (χ2n) is 6.81. The molecule has 0 saturated carbocycles. The van der Waals surface area contributed by atoms with Gasteiger partial charge in [0.1, 0.15) is 11.5 Å². The lowest BCUT2D eigenvalue weighted by molar-refractivity contribution is -0.274. The molecule has 158 valence electrons. The first-order valence-electron chi connectivity index (χ1n) is 9.13. The van der Waals surface area contributed by atoms with Crippen molar-refractivity contribution in [3.05, 3.63) is 48.0 Å². The molecule has 1 amide bonds. The minimum atomic E-state index is -4.78. The number of halogens is 3. The monoisotopic (exact) mass is 437 g/mol. The molecule has 1 N–H and O–H groups in total. The summed E-state index contributed by atoms with van der Waals surface area (Å²) in [5.41, 5.74) is 1.10. The molecular formula is C20H18F3N3O3S. The van der Waals surface area contributed by atoms with E-state index >= 15 is 0 Å². The number of rotatable bonds is 6. The van der Waals surface area contributed by atoms with Crippen molar-refractivity contribution in [3.8, 4) is 11.5 Å². The maximum atomic E-state index is 12.5. The Morgan fingerprint density at radius 2 is 2.03 bits per heavy atom. The molecule has 0 aliphatic carbocycles. The fraction of sp³-hybridized carbons (Fsp3) is 0.300. The third-order valence-corrected chi connectivity index (χ3v) is 5.85. The zero-order valence-electron chi connectivity index (χ0n) is 15.9. The molecule has 30 heavy (non-hydrogen) atoms. The molecule has 1 fully saturated rings. The van der Waals surface area contributed by atoms with Crippen LogP contribution in [0.5, 0.6) is 11.5 Å². The topological polar surface area (TPSA) is 63.7 Å². The fourth-order valence-electron chi connectivity index (χ4n) is 3.16. The highest BCUT2D eigenvalue weighted by atomic mass is 32.1. The molecule has 2 heterocycles. The Kier molecular flexibility index (Phi) is 5.42. The molecule has 0 unspecified atom stereocenters. The van der Waals surface area contributed by atoms with Gasteiger partial charge in [-0.3, -0.25) is 4.79 Å². The predicted molar refractivity (Wildman–Crippen MR) is 107 cm³/mol. The summed E-state index contributed by atoms with van der Waals surface area (Å²) in [6.45, 7) is 0.968. The van der Waals surface area contributed by atoms with Gasteiger partial charge in [-0.2, -0.15) is 0 Å². The Labute approximate surface area is 174 Å². The van der Waals surface area contributed by atoms with Crippen molar-refractivity contribution in [2.75, 3.05) is 25.1 Å². The van der Waals surface area contributed by atoms with Crippen LogP contribution in [0.2, 0.25) is 0 Å². The zero-order chi connectivity index (χ0) is 21.3. The van der Waals surface area contributed by atoms with Crippen LogP contribution in [0.25, 0.3) is 10.2 Å². The first kappa shape index (κ1) is 20.3. The number of alkyl halides is 3. The van der Waals surface area contributed by atoms with E-state index in [0.29, 0.717) is 13.1 Å². The predicted octanol–water partition coefficient (Wildman–Crippen LogP) is 3.96. The van der Waals surface area contributed by atoms with E-state index in [1.807, 2.05) is 23.1 Å². The number of thiazole rings is 1. The number of hydrogen-bond acceptors (Lipinski definition) is 6. The summed E-state index contributed by atoms with van der Waals surface area (Å²) in [5.74, 6) is -0.0430. The fourth-order valence-corrected chi connectivity index (χ4v) is 4.12. The number of fused-ring (bicyclic) bond motifs is 1. The Balaban J connectivity index is 1.33. The number of amides is 1. The van der Waals surface area contributed by atoms with Crippen LogP contribution in [-0.4, -0.2) is 37.5 Å². The SMILES string of the molecule is COc1ccc2sc(N3CC(C(=O)NCc4ccccc4OC(F)(F)F)C3)nc2c1. The Morgan fingerprint density at radius 1 is 1.27 bits per heavy atom. The van der Waals surface area contributed by atoms with E-state index in [1.54, 1.807) is 13.2 Å². The van der Waals surface area contributed by atoms with Crippen LogP contribution in [0.1, 0.15) is 5.56 Å². The molecule has 1 saturated heterocycles. The molecule has 6 nitrogen and oxygen atoms in total. The third-order valence-electron chi connectivity index (χ3n) is 4.76. The Bertz CT molecular complexity index is 1060. The second kappa shape index (κ2) is 8.02. The number of nitrogens with zero attached hydrogens (tertiary/aromatic N) is 2. The molecule has 0 radical (unpaired) electrons. The molecule has 2 aromatic carbocycles. The number of aromatic nitrogens is 1. The molecule has 3 aromatic rings. The first-order valence-corrected chi connectivity index (χ1v) is 9.95. The van der Waals surface area contributed by atoms with Gasteiger partial charge in [-0.05, 0) is 18.2 Å². The maximum absolute atomic E-state index is 12.5. The highest BCUT2D eigenvalue weighted by Crippen LogP contribution is 2.34. The number of methoxy groups -OCH3 is 1. The minimum Gasteiger partial charge on any atom is -0.497 e. The van der Waals surface area contributed by atoms with Gasteiger partial charge in [0.2, 0.25) is 5.91 Å². The molecule has 4 rings (SSSR count). The summed E-state index contributed by atoms with van der Waals surface area (Å²) < 4.78 is 47.8. The standard InChI is InChI=1S/C20H18F3N3O3S/c1-28-14-6-7-17-15(8-14)25-19(30-17)26-10-13(11-26)18(27)24-9-12-4-2-3-5-16(12)29-20(21,22)23/h2-8,13H,9-11H2,1H3,(H,24,27). The normalized spacial score (nSPS) is 14.5. The highest BCUT2D eigenvalue weighted by molar-refractivity contribution is 7.22. The van der Waals surface area contributed by atoms with Gasteiger partial charge in [-0.15, -0.1) is 13.2 Å². The van der Waals surface area contributed by atoms with Crippen molar-refractivity contribution in [2.45, 2.75) is 12.9 Å². The molecule has 0 spiro atoms. The van der Waals surface area contributed by atoms with Gasteiger partial charge >= 0.3 is 6.36 Å². The van der Waals surface area contributed by atoms with Crippen LogP contribution in [0.4, 0.5) is 18.3 Å². The van der Waals surface area contributed by atoms with Crippen LogP contribution < -0.4 is 19.7 Å². The summed E-state index contributed by atoms with van der Waals surface area (Å²) in [6.07, 6.45) is -4.78. The number of nitrogens with one attached hydrogen (secondary N) is 1. The van der Waals surface area contributed by atoms with E-state index in [0.717, 1.165) is 21.1 Å². The average Bonchev–Trinajstić information content (AvgIpc) is 3.07. The highest BCUT2D eigenvalue weighted by Gasteiger charge is 2.35. The summed E-state index contributed by atoms with van der Waals surface area (Å²) in [6, 6.07) is 11.4. The molecule has 0 bridgehead atoms. The van der Waals surface area contributed by atoms with E-state index in [1.165, 1.54) is 29.5 Å². The smallest absolute Gasteiger partial charge is 0.497 e. The largest absolute Gasteiger partial charge is 0.573 e. The number of anilines is 1. The number of para-hydroxylation sites is 1. The lowest BCUT2D eigenvalue weighted by atomic mass is 10.00. The Hall–Kier alpha value is -3.01. The Morgan fingerprint density at radius 3 is 2.77 bits per heavy atom. The zero-order valence-corrected chi connectivity index (χ0v) is 16.7. The van der Waals surface area contributed by atoms with Gasteiger partial charge in [0.15, 0.2) is 5.13 Å². The summed E-state index contributed by atoms with van der Waals surface area (Å²) in [5, 5.41) is 3.52. The van der Waals surface area contributed by atoms with E-state index in [4.69, 9.17) is 4.74 Å². The van der Waals surface area contributed by atoms with Crippen molar-refractivity contribution in [1.82, 2.24) is 10.3 Å².